The highest BCUT2D eigenvalue weighted by molar-refractivity contribution is 6.42. The van der Waals surface area contributed by atoms with Crippen LogP contribution in [0.5, 0.6) is 11.5 Å². The number of aliphatic carboxylic acids is 1. The second-order valence-corrected chi connectivity index (χ2v) is 16.5. The molecule has 0 fully saturated rings. The molecule has 318 valence electrons. The monoisotopic (exact) mass is 873 g/mol. The average molecular weight is 875 g/mol. The van der Waals surface area contributed by atoms with E-state index in [1.54, 1.807) is 18.3 Å². The molecular weight excluding hydrogens is 829 g/mol. The number of carbonyl (C=O) groups excluding carboxylic acids is 2. The SMILES string of the molecule is Cc1nccc(-c2ccc(CC(NC(=O)C3Cc4cc5c(cc4CN3C(=O)OCc3ccccc3)OC(C3C=CC(OCc4ccc(Cl)c(Cl)c4)=CC3)CO5)C(=O)O)cc2)c1C. The summed E-state index contributed by atoms with van der Waals surface area (Å²) in [7, 11) is 0. The van der Waals surface area contributed by atoms with E-state index in [-0.39, 0.29) is 38.0 Å². The van der Waals surface area contributed by atoms with Crippen LogP contribution in [0.1, 0.15) is 45.5 Å². The van der Waals surface area contributed by atoms with E-state index in [0.717, 1.165) is 56.0 Å². The molecule has 2 amide bonds. The van der Waals surface area contributed by atoms with Crippen LogP contribution in [0.15, 0.2) is 121 Å². The number of amides is 2. The van der Waals surface area contributed by atoms with Gasteiger partial charge in [0.25, 0.3) is 0 Å². The van der Waals surface area contributed by atoms with Gasteiger partial charge in [-0.05, 0) is 107 Å². The van der Waals surface area contributed by atoms with Crippen LogP contribution in [0.2, 0.25) is 10.0 Å². The smallest absolute Gasteiger partial charge is 0.411 e. The Hall–Kier alpha value is -6.30. The molecule has 2 aliphatic heterocycles. The van der Waals surface area contributed by atoms with E-state index >= 15 is 0 Å². The van der Waals surface area contributed by atoms with Crippen molar-refractivity contribution in [1.82, 2.24) is 15.2 Å². The lowest BCUT2D eigenvalue weighted by Gasteiger charge is -2.37. The summed E-state index contributed by atoms with van der Waals surface area (Å²) in [5.41, 5.74) is 7.99. The van der Waals surface area contributed by atoms with E-state index < -0.39 is 30.1 Å². The summed E-state index contributed by atoms with van der Waals surface area (Å²) in [5, 5.41) is 14.0. The van der Waals surface area contributed by atoms with Crippen molar-refractivity contribution in [3.05, 3.63) is 170 Å². The van der Waals surface area contributed by atoms with Crippen LogP contribution in [-0.4, -0.2) is 57.8 Å². The number of nitrogens with zero attached hydrogens (tertiary/aromatic N) is 2. The zero-order valence-corrected chi connectivity index (χ0v) is 35.7. The first-order valence-electron chi connectivity index (χ1n) is 20.4. The number of aryl methyl sites for hydroxylation is 1. The zero-order chi connectivity index (χ0) is 43.3. The molecule has 0 saturated heterocycles. The summed E-state index contributed by atoms with van der Waals surface area (Å²) in [5.74, 6) is 0.0272. The van der Waals surface area contributed by atoms with Gasteiger partial charge >= 0.3 is 12.1 Å². The van der Waals surface area contributed by atoms with E-state index in [1.165, 1.54) is 4.90 Å². The first-order chi connectivity index (χ1) is 30.0. The number of aromatic nitrogens is 1. The first-order valence-corrected chi connectivity index (χ1v) is 21.2. The molecule has 4 aromatic carbocycles. The average Bonchev–Trinajstić information content (AvgIpc) is 3.28. The van der Waals surface area contributed by atoms with Crippen molar-refractivity contribution >= 4 is 41.2 Å². The highest BCUT2D eigenvalue weighted by Gasteiger charge is 2.39. The van der Waals surface area contributed by atoms with Gasteiger partial charge in [0, 0.05) is 30.7 Å². The van der Waals surface area contributed by atoms with Crippen LogP contribution in [0.3, 0.4) is 0 Å². The number of benzene rings is 4. The van der Waals surface area contributed by atoms with Crippen molar-refractivity contribution in [2.75, 3.05) is 6.61 Å². The van der Waals surface area contributed by atoms with E-state index in [2.05, 4.69) is 16.4 Å². The molecule has 0 spiro atoms. The van der Waals surface area contributed by atoms with Gasteiger partial charge in [-0.2, -0.15) is 0 Å². The molecule has 3 aliphatic rings. The lowest BCUT2D eigenvalue weighted by atomic mass is 9.91. The number of pyridine rings is 1. The maximum atomic E-state index is 14.2. The van der Waals surface area contributed by atoms with Gasteiger partial charge in [0.05, 0.1) is 16.6 Å². The van der Waals surface area contributed by atoms with E-state index in [1.807, 2.05) is 105 Å². The van der Waals surface area contributed by atoms with Crippen LogP contribution < -0.4 is 14.8 Å². The van der Waals surface area contributed by atoms with Gasteiger partial charge in [0.15, 0.2) is 11.5 Å². The second-order valence-electron chi connectivity index (χ2n) is 15.7. The maximum Gasteiger partial charge on any atom is 0.411 e. The Morgan fingerprint density at radius 2 is 1.68 bits per heavy atom. The van der Waals surface area contributed by atoms with Crippen molar-refractivity contribution in [2.45, 2.75) is 71.1 Å². The third-order valence-corrected chi connectivity index (χ3v) is 12.3. The van der Waals surface area contributed by atoms with E-state index in [0.29, 0.717) is 41.2 Å². The lowest BCUT2D eigenvalue weighted by Crippen LogP contribution is -2.56. The number of ether oxygens (including phenoxy) is 4. The standard InChI is InChI=1S/C49H45Cl2N3O8/c1-29-30(2)52-19-18-39(29)34-11-8-31(9-12-34)21-42(48(56)57)53-47(55)43-22-36-23-44-45(24-37(36)25-54(43)49(58)61-26-32-6-4-3-5-7-32)62-46(28-60-44)35-13-15-38(16-14-35)59-27-33-10-17-40(50)41(51)20-33/h3-13,15-20,23-24,35,42-43,46H,14,21-22,25-28H2,1-2H3,(H,53,55)(H,56,57). The Morgan fingerprint density at radius 1 is 0.903 bits per heavy atom. The molecule has 0 saturated carbocycles. The summed E-state index contributed by atoms with van der Waals surface area (Å²) in [6.07, 6.45) is 7.60. The van der Waals surface area contributed by atoms with Gasteiger partial charge in [-0.25, -0.2) is 9.59 Å². The number of carboxylic acid groups (broad SMARTS) is 1. The van der Waals surface area contributed by atoms with Gasteiger partial charge in [0.1, 0.15) is 43.8 Å². The molecule has 13 heteroatoms. The molecule has 0 radical (unpaired) electrons. The predicted molar refractivity (Wildman–Crippen MR) is 235 cm³/mol. The minimum absolute atomic E-state index is 0.00188. The van der Waals surface area contributed by atoms with Crippen LogP contribution in [0, 0.1) is 19.8 Å². The van der Waals surface area contributed by atoms with Gasteiger partial charge in [-0.3, -0.25) is 14.7 Å². The summed E-state index contributed by atoms with van der Waals surface area (Å²) in [6, 6.07) is 25.6. The number of allylic oxidation sites excluding steroid dienone is 2. The predicted octanol–water partition coefficient (Wildman–Crippen LogP) is 9.36. The molecule has 2 N–H and O–H groups in total. The fourth-order valence-electron chi connectivity index (χ4n) is 7.88. The third-order valence-electron chi connectivity index (χ3n) is 11.6. The highest BCUT2D eigenvalue weighted by Crippen LogP contribution is 2.40. The van der Waals surface area contributed by atoms with Crippen LogP contribution in [-0.2, 0) is 51.7 Å². The second kappa shape index (κ2) is 18.8. The van der Waals surface area contributed by atoms with Crippen LogP contribution in [0.25, 0.3) is 11.1 Å². The van der Waals surface area contributed by atoms with Crippen molar-refractivity contribution in [2.24, 2.45) is 5.92 Å². The normalized spacial score (nSPS) is 18.2. The Kier molecular flexibility index (Phi) is 12.8. The lowest BCUT2D eigenvalue weighted by molar-refractivity contribution is -0.142. The Labute approximate surface area is 369 Å². The third kappa shape index (κ3) is 9.75. The minimum atomic E-state index is -1.26. The summed E-state index contributed by atoms with van der Waals surface area (Å²) in [4.78, 5) is 46.3. The maximum absolute atomic E-state index is 14.2. The molecule has 4 atom stereocenters. The fourth-order valence-corrected chi connectivity index (χ4v) is 8.20. The molecule has 5 aromatic rings. The number of halogens is 2. The van der Waals surface area contributed by atoms with Gasteiger partial charge in [0.2, 0.25) is 5.91 Å². The first kappa shape index (κ1) is 42.4. The van der Waals surface area contributed by atoms with Crippen molar-refractivity contribution in [3.63, 3.8) is 0 Å². The quantitative estimate of drug-likeness (QED) is 0.126. The minimum Gasteiger partial charge on any atom is -0.489 e. The Balaban J connectivity index is 0.957. The van der Waals surface area contributed by atoms with Crippen molar-refractivity contribution in [1.29, 1.82) is 0 Å². The van der Waals surface area contributed by atoms with Gasteiger partial charge in [-0.15, -0.1) is 0 Å². The van der Waals surface area contributed by atoms with Crippen LogP contribution in [0.4, 0.5) is 4.79 Å². The number of carbonyl (C=O) groups is 3. The molecule has 62 heavy (non-hydrogen) atoms. The van der Waals surface area contributed by atoms with Crippen molar-refractivity contribution in [3.8, 4) is 22.6 Å². The highest BCUT2D eigenvalue weighted by atomic mass is 35.5. The number of rotatable bonds is 12. The molecule has 4 unspecified atom stereocenters. The largest absolute Gasteiger partial charge is 0.489 e. The topological polar surface area (TPSA) is 137 Å². The van der Waals surface area contributed by atoms with Crippen molar-refractivity contribution < 1.29 is 38.4 Å². The number of hydrogen-bond donors (Lipinski definition) is 2. The molecule has 0 bridgehead atoms. The van der Waals surface area contributed by atoms with Gasteiger partial charge in [-0.1, -0.05) is 89.9 Å². The van der Waals surface area contributed by atoms with E-state index in [9.17, 15) is 19.5 Å². The summed E-state index contributed by atoms with van der Waals surface area (Å²) < 4.78 is 24.5. The summed E-state index contributed by atoms with van der Waals surface area (Å²) in [6.45, 7) is 4.65. The number of nitrogens with one attached hydrogen (secondary N) is 1. The summed E-state index contributed by atoms with van der Waals surface area (Å²) >= 11 is 12.2. The Morgan fingerprint density at radius 3 is 2.42 bits per heavy atom. The molecule has 1 aliphatic carbocycles. The van der Waals surface area contributed by atoms with Crippen LogP contribution >= 0.6 is 23.2 Å². The molecule has 1 aromatic heterocycles. The zero-order valence-electron chi connectivity index (χ0n) is 34.2. The number of hydrogen-bond acceptors (Lipinski definition) is 8. The number of carboxylic acids is 1. The molecule has 8 rings (SSSR count). The molecule has 11 nitrogen and oxygen atoms in total. The van der Waals surface area contributed by atoms with E-state index in [4.69, 9.17) is 42.1 Å². The fraction of sp³-hybridized carbons (Fsp3) is 0.265. The number of fused-ring (bicyclic) bond motifs is 2. The Bertz CT molecular complexity index is 2550. The van der Waals surface area contributed by atoms with Gasteiger partial charge < -0.3 is 29.4 Å². The molecule has 3 heterocycles. The molecular formula is C49H45Cl2N3O8.